The van der Waals surface area contributed by atoms with Crippen molar-refractivity contribution in [1.82, 2.24) is 5.32 Å². The van der Waals surface area contributed by atoms with Gasteiger partial charge in [-0.1, -0.05) is 24.3 Å². The first-order chi connectivity index (χ1) is 10.8. The van der Waals surface area contributed by atoms with E-state index in [1.54, 1.807) is 18.2 Å². The highest BCUT2D eigenvalue weighted by atomic mass is 16.6. The maximum atomic E-state index is 12.5. The van der Waals surface area contributed by atoms with Crippen LogP contribution in [0.15, 0.2) is 42.5 Å². The third-order valence-corrected chi connectivity index (χ3v) is 4.24. The largest absolute Gasteiger partial charge is 0.486 e. The normalized spacial score (nSPS) is 18.6. The van der Waals surface area contributed by atoms with Crippen LogP contribution >= 0.6 is 0 Å². The standard InChI is InChI=1S/C18H17NO3/c20-18(13-6-8-16-17(11-13)22-10-9-21-16)19-15-7-5-12-3-1-2-4-14(12)15/h1-4,6,8,11,15H,5,7,9-10H2,(H,19,20)/t15-/m1/s1. The molecule has 2 aromatic carbocycles. The Bertz CT molecular complexity index is 726. The van der Waals surface area contributed by atoms with E-state index in [1.165, 1.54) is 11.1 Å². The molecule has 0 unspecified atom stereocenters. The second-order valence-corrected chi connectivity index (χ2v) is 5.62. The van der Waals surface area contributed by atoms with Crippen LogP contribution in [0.4, 0.5) is 0 Å². The van der Waals surface area contributed by atoms with E-state index in [0.29, 0.717) is 30.3 Å². The number of hydrogen-bond acceptors (Lipinski definition) is 3. The predicted molar refractivity (Wildman–Crippen MR) is 82.4 cm³/mol. The minimum absolute atomic E-state index is 0.0707. The summed E-state index contributed by atoms with van der Waals surface area (Å²) in [5, 5.41) is 3.12. The highest BCUT2D eigenvalue weighted by molar-refractivity contribution is 5.95. The maximum absolute atomic E-state index is 12.5. The monoisotopic (exact) mass is 295 g/mol. The van der Waals surface area contributed by atoms with Crippen LogP contribution in [0.25, 0.3) is 0 Å². The quantitative estimate of drug-likeness (QED) is 0.926. The van der Waals surface area contributed by atoms with Crippen LogP contribution in [0, 0.1) is 0 Å². The Hall–Kier alpha value is -2.49. The number of rotatable bonds is 2. The lowest BCUT2D eigenvalue weighted by Crippen LogP contribution is -2.27. The highest BCUT2D eigenvalue weighted by Crippen LogP contribution is 2.33. The number of nitrogens with one attached hydrogen (secondary N) is 1. The van der Waals surface area contributed by atoms with Gasteiger partial charge >= 0.3 is 0 Å². The molecule has 4 nitrogen and oxygen atoms in total. The first kappa shape index (κ1) is 13.2. The van der Waals surface area contributed by atoms with Crippen molar-refractivity contribution in [3.8, 4) is 11.5 Å². The Morgan fingerprint density at radius 1 is 1.05 bits per heavy atom. The van der Waals surface area contributed by atoms with E-state index < -0.39 is 0 Å². The van der Waals surface area contributed by atoms with Crippen LogP contribution in [-0.4, -0.2) is 19.1 Å². The number of aryl methyl sites for hydroxylation is 1. The van der Waals surface area contributed by atoms with Crippen molar-refractivity contribution >= 4 is 5.91 Å². The zero-order chi connectivity index (χ0) is 14.9. The second kappa shape index (κ2) is 5.37. The zero-order valence-electron chi connectivity index (χ0n) is 12.2. The molecule has 0 spiro atoms. The summed E-state index contributed by atoms with van der Waals surface area (Å²) in [5.41, 5.74) is 3.16. The molecule has 4 rings (SSSR count). The fourth-order valence-corrected chi connectivity index (χ4v) is 3.13. The zero-order valence-corrected chi connectivity index (χ0v) is 12.2. The topological polar surface area (TPSA) is 47.6 Å². The Morgan fingerprint density at radius 2 is 1.86 bits per heavy atom. The Labute approximate surface area is 129 Å². The van der Waals surface area contributed by atoms with Crippen LogP contribution in [0.3, 0.4) is 0 Å². The molecule has 0 radical (unpaired) electrons. The van der Waals surface area contributed by atoms with Gasteiger partial charge in [-0.15, -0.1) is 0 Å². The maximum Gasteiger partial charge on any atom is 0.251 e. The molecule has 1 aliphatic carbocycles. The molecular weight excluding hydrogens is 278 g/mol. The smallest absolute Gasteiger partial charge is 0.251 e. The summed E-state index contributed by atoms with van der Waals surface area (Å²) in [4.78, 5) is 12.5. The number of amides is 1. The van der Waals surface area contributed by atoms with Gasteiger partial charge in [0.15, 0.2) is 11.5 Å². The second-order valence-electron chi connectivity index (χ2n) is 5.62. The lowest BCUT2D eigenvalue weighted by atomic mass is 10.1. The van der Waals surface area contributed by atoms with Gasteiger partial charge < -0.3 is 14.8 Å². The molecule has 1 aliphatic heterocycles. The van der Waals surface area contributed by atoms with Gasteiger partial charge in [-0.3, -0.25) is 4.79 Å². The van der Waals surface area contributed by atoms with Crippen molar-refractivity contribution in [3.05, 3.63) is 59.2 Å². The molecule has 22 heavy (non-hydrogen) atoms. The van der Waals surface area contributed by atoms with Crippen molar-refractivity contribution in [2.45, 2.75) is 18.9 Å². The summed E-state index contributed by atoms with van der Waals surface area (Å²) in [5.74, 6) is 1.28. The molecule has 0 saturated carbocycles. The van der Waals surface area contributed by atoms with Crippen molar-refractivity contribution < 1.29 is 14.3 Å². The predicted octanol–water partition coefficient (Wildman–Crippen LogP) is 2.88. The first-order valence-electron chi connectivity index (χ1n) is 7.59. The van der Waals surface area contributed by atoms with Crippen LogP contribution in [0.5, 0.6) is 11.5 Å². The van der Waals surface area contributed by atoms with Gasteiger partial charge in [-0.25, -0.2) is 0 Å². The van der Waals surface area contributed by atoms with Gasteiger partial charge in [-0.05, 0) is 42.2 Å². The molecule has 1 N–H and O–H groups in total. The molecule has 2 aromatic rings. The average molecular weight is 295 g/mol. The van der Waals surface area contributed by atoms with Crippen LogP contribution in [0.2, 0.25) is 0 Å². The summed E-state index contributed by atoms with van der Waals surface area (Å²) < 4.78 is 11.0. The van der Waals surface area contributed by atoms with Gasteiger partial charge in [0.2, 0.25) is 0 Å². The van der Waals surface area contributed by atoms with Gasteiger partial charge in [0, 0.05) is 5.56 Å². The van der Waals surface area contributed by atoms with Crippen molar-refractivity contribution in [2.75, 3.05) is 13.2 Å². The van der Waals surface area contributed by atoms with E-state index in [0.717, 1.165) is 12.8 Å². The molecule has 4 heteroatoms. The lowest BCUT2D eigenvalue weighted by Gasteiger charge is -2.19. The van der Waals surface area contributed by atoms with Crippen molar-refractivity contribution in [1.29, 1.82) is 0 Å². The lowest BCUT2D eigenvalue weighted by molar-refractivity contribution is 0.0935. The fourth-order valence-electron chi connectivity index (χ4n) is 3.13. The summed E-state index contributed by atoms with van der Waals surface area (Å²) in [7, 11) is 0. The van der Waals surface area contributed by atoms with Gasteiger partial charge in [0.1, 0.15) is 13.2 Å². The highest BCUT2D eigenvalue weighted by Gasteiger charge is 2.24. The molecule has 2 aliphatic rings. The van der Waals surface area contributed by atoms with Crippen LogP contribution in [0.1, 0.15) is 33.9 Å². The van der Waals surface area contributed by atoms with Gasteiger partial charge in [-0.2, -0.15) is 0 Å². The number of carbonyl (C=O) groups excluding carboxylic acids is 1. The Morgan fingerprint density at radius 3 is 2.77 bits per heavy atom. The van der Waals surface area contributed by atoms with Crippen LogP contribution in [-0.2, 0) is 6.42 Å². The third kappa shape index (κ3) is 2.30. The first-order valence-corrected chi connectivity index (χ1v) is 7.59. The summed E-state index contributed by atoms with van der Waals surface area (Å²) >= 11 is 0. The van der Waals surface area contributed by atoms with E-state index in [1.807, 2.05) is 12.1 Å². The molecule has 0 saturated heterocycles. The molecule has 0 bridgehead atoms. The van der Waals surface area contributed by atoms with Gasteiger partial charge in [0.05, 0.1) is 6.04 Å². The Balaban J connectivity index is 1.53. The fraction of sp³-hybridized carbons (Fsp3) is 0.278. The van der Waals surface area contributed by atoms with E-state index in [9.17, 15) is 4.79 Å². The average Bonchev–Trinajstić information content (AvgIpc) is 2.97. The molecule has 1 heterocycles. The number of fused-ring (bicyclic) bond motifs is 2. The Kier molecular flexibility index (Phi) is 3.22. The van der Waals surface area contributed by atoms with E-state index in [2.05, 4.69) is 17.4 Å². The number of carbonyl (C=O) groups is 1. The molecule has 0 aromatic heterocycles. The third-order valence-electron chi connectivity index (χ3n) is 4.24. The molecule has 112 valence electrons. The molecular formula is C18H17NO3. The van der Waals surface area contributed by atoms with Crippen molar-refractivity contribution in [2.24, 2.45) is 0 Å². The minimum Gasteiger partial charge on any atom is -0.486 e. The van der Waals surface area contributed by atoms with Crippen molar-refractivity contribution in [3.63, 3.8) is 0 Å². The minimum atomic E-state index is -0.0707. The number of ether oxygens (including phenoxy) is 2. The van der Waals surface area contributed by atoms with E-state index >= 15 is 0 Å². The number of benzene rings is 2. The summed E-state index contributed by atoms with van der Waals surface area (Å²) in [6, 6.07) is 13.7. The summed E-state index contributed by atoms with van der Waals surface area (Å²) in [6.45, 7) is 1.07. The van der Waals surface area contributed by atoms with Gasteiger partial charge in [0.25, 0.3) is 5.91 Å². The van der Waals surface area contributed by atoms with Crippen LogP contribution < -0.4 is 14.8 Å². The summed E-state index contributed by atoms with van der Waals surface area (Å²) in [6.07, 6.45) is 1.97. The number of hydrogen-bond donors (Lipinski definition) is 1. The SMILES string of the molecule is O=C(N[C@@H]1CCc2ccccc21)c1ccc2c(c1)OCCO2. The van der Waals surface area contributed by atoms with E-state index in [4.69, 9.17) is 9.47 Å². The molecule has 0 fully saturated rings. The molecule has 1 amide bonds. The van der Waals surface area contributed by atoms with E-state index in [-0.39, 0.29) is 11.9 Å². The molecule has 1 atom stereocenters.